The van der Waals surface area contributed by atoms with Gasteiger partial charge in [0.25, 0.3) is 0 Å². The van der Waals surface area contributed by atoms with Crippen LogP contribution in [0.3, 0.4) is 0 Å². The Kier molecular flexibility index (Phi) is 2.14. The van der Waals surface area contributed by atoms with E-state index in [-0.39, 0.29) is 0 Å². The van der Waals surface area contributed by atoms with Crippen molar-refractivity contribution >= 4 is 0 Å². The third kappa shape index (κ3) is 1.42. The monoisotopic (exact) mass is 154 g/mol. The van der Waals surface area contributed by atoms with Crippen LogP contribution in [0.1, 0.15) is 25.7 Å². The van der Waals surface area contributed by atoms with Gasteiger partial charge in [-0.3, -0.25) is 4.90 Å². The van der Waals surface area contributed by atoms with Gasteiger partial charge in [0.05, 0.1) is 0 Å². The zero-order valence-corrected chi connectivity index (χ0v) is 7.34. The molecule has 0 atom stereocenters. The van der Waals surface area contributed by atoms with Crippen LogP contribution in [0.25, 0.3) is 0 Å². The molecule has 0 amide bonds. The van der Waals surface area contributed by atoms with Gasteiger partial charge in [-0.1, -0.05) is 12.8 Å². The molecule has 11 heavy (non-hydrogen) atoms. The number of hydrogen-bond acceptors (Lipinski definition) is 2. The summed E-state index contributed by atoms with van der Waals surface area (Å²) in [7, 11) is 2.07. The molecule has 1 heterocycles. The predicted octanol–water partition coefficient (Wildman–Crippen LogP) is 0.833. The average molecular weight is 154 g/mol. The summed E-state index contributed by atoms with van der Waals surface area (Å²) in [5.74, 6) is 0. The molecule has 1 saturated carbocycles. The molecule has 0 bridgehead atoms. The van der Waals surface area contributed by atoms with Crippen molar-refractivity contribution in [3.05, 3.63) is 0 Å². The number of hydrogen-bond donors (Lipinski definition) is 1. The summed E-state index contributed by atoms with van der Waals surface area (Å²) in [6.07, 6.45) is 5.84. The molecule has 0 spiro atoms. The van der Waals surface area contributed by atoms with Crippen molar-refractivity contribution in [3.63, 3.8) is 0 Å². The number of nitrogens with zero attached hydrogens (tertiary/aromatic N) is 1. The summed E-state index contributed by atoms with van der Waals surface area (Å²) < 4.78 is 0. The average Bonchev–Trinajstić information content (AvgIpc) is 2.37. The summed E-state index contributed by atoms with van der Waals surface area (Å²) in [6.45, 7) is 2.59. The number of rotatable bonds is 2. The van der Waals surface area contributed by atoms with Crippen LogP contribution >= 0.6 is 0 Å². The van der Waals surface area contributed by atoms with E-state index in [1.165, 1.54) is 38.8 Å². The van der Waals surface area contributed by atoms with E-state index in [1.807, 2.05) is 0 Å². The molecule has 1 aliphatic heterocycles. The molecule has 0 aromatic rings. The second-order valence-electron chi connectivity index (χ2n) is 3.88. The summed E-state index contributed by atoms with van der Waals surface area (Å²) >= 11 is 0. The van der Waals surface area contributed by atoms with E-state index in [0.717, 1.165) is 12.1 Å². The van der Waals surface area contributed by atoms with Gasteiger partial charge in [-0.2, -0.15) is 0 Å². The van der Waals surface area contributed by atoms with Crippen LogP contribution in [0.2, 0.25) is 0 Å². The molecule has 64 valence electrons. The first-order valence-electron chi connectivity index (χ1n) is 4.81. The molecule has 2 nitrogen and oxygen atoms in total. The van der Waals surface area contributed by atoms with E-state index in [9.17, 15) is 0 Å². The molecule has 0 unspecified atom stereocenters. The first kappa shape index (κ1) is 7.56. The zero-order chi connectivity index (χ0) is 7.68. The third-order valence-corrected chi connectivity index (χ3v) is 3.16. The summed E-state index contributed by atoms with van der Waals surface area (Å²) in [6, 6.07) is 1.73. The minimum absolute atomic E-state index is 0.788. The second kappa shape index (κ2) is 3.11. The highest BCUT2D eigenvalue weighted by Gasteiger charge is 2.32. The van der Waals surface area contributed by atoms with E-state index < -0.39 is 0 Å². The van der Waals surface area contributed by atoms with Crippen LogP contribution in [-0.4, -0.2) is 37.1 Å². The van der Waals surface area contributed by atoms with Crippen molar-refractivity contribution < 1.29 is 0 Å². The summed E-state index contributed by atoms with van der Waals surface area (Å²) in [4.78, 5) is 2.63. The van der Waals surface area contributed by atoms with E-state index >= 15 is 0 Å². The van der Waals surface area contributed by atoms with Crippen molar-refractivity contribution in [3.8, 4) is 0 Å². The highest BCUT2D eigenvalue weighted by Crippen LogP contribution is 2.26. The van der Waals surface area contributed by atoms with Crippen molar-refractivity contribution in [2.75, 3.05) is 20.1 Å². The Balaban J connectivity index is 1.73. The standard InChI is InChI=1S/C9H18N2/c1-10-8-6-11(7-8)9-4-2-3-5-9/h8-10H,2-7H2,1H3. The SMILES string of the molecule is CNC1CN(C2CCCC2)C1. The summed E-state index contributed by atoms with van der Waals surface area (Å²) in [5, 5.41) is 3.31. The van der Waals surface area contributed by atoms with Crippen LogP contribution in [0.15, 0.2) is 0 Å². The molecule has 1 N–H and O–H groups in total. The quantitative estimate of drug-likeness (QED) is 0.634. The van der Waals surface area contributed by atoms with Gasteiger partial charge in [0.15, 0.2) is 0 Å². The predicted molar refractivity (Wildman–Crippen MR) is 46.7 cm³/mol. The van der Waals surface area contributed by atoms with Crippen molar-refractivity contribution in [2.24, 2.45) is 0 Å². The van der Waals surface area contributed by atoms with Crippen LogP contribution in [0.4, 0.5) is 0 Å². The van der Waals surface area contributed by atoms with Gasteiger partial charge >= 0.3 is 0 Å². The van der Waals surface area contributed by atoms with Crippen molar-refractivity contribution in [1.82, 2.24) is 10.2 Å². The van der Waals surface area contributed by atoms with Gasteiger partial charge < -0.3 is 5.32 Å². The lowest BCUT2D eigenvalue weighted by atomic mass is 10.0. The van der Waals surface area contributed by atoms with Crippen LogP contribution in [0.5, 0.6) is 0 Å². The first-order chi connectivity index (χ1) is 5.40. The second-order valence-corrected chi connectivity index (χ2v) is 3.88. The highest BCUT2D eigenvalue weighted by atomic mass is 15.3. The molecule has 2 aliphatic rings. The topological polar surface area (TPSA) is 15.3 Å². The smallest absolute Gasteiger partial charge is 0.0320 e. The maximum absolute atomic E-state index is 3.31. The number of likely N-dealkylation sites (tertiary alicyclic amines) is 1. The Bertz CT molecular complexity index is 124. The molecule has 0 aromatic carbocycles. The van der Waals surface area contributed by atoms with Crippen LogP contribution < -0.4 is 5.32 Å². The molecule has 0 aromatic heterocycles. The lowest BCUT2D eigenvalue weighted by Gasteiger charge is -2.43. The first-order valence-corrected chi connectivity index (χ1v) is 4.81. The van der Waals surface area contributed by atoms with Crippen LogP contribution in [0, 0.1) is 0 Å². The molecular weight excluding hydrogens is 136 g/mol. The summed E-state index contributed by atoms with van der Waals surface area (Å²) in [5.41, 5.74) is 0. The minimum Gasteiger partial charge on any atom is -0.315 e. The Morgan fingerprint density at radius 1 is 1.18 bits per heavy atom. The Hall–Kier alpha value is -0.0800. The Morgan fingerprint density at radius 2 is 1.82 bits per heavy atom. The van der Waals surface area contributed by atoms with E-state index in [2.05, 4.69) is 17.3 Å². The molecule has 0 radical (unpaired) electrons. The Morgan fingerprint density at radius 3 is 2.36 bits per heavy atom. The maximum atomic E-state index is 3.31. The third-order valence-electron chi connectivity index (χ3n) is 3.16. The Labute approximate surface area is 69.0 Å². The van der Waals surface area contributed by atoms with E-state index in [4.69, 9.17) is 0 Å². The van der Waals surface area contributed by atoms with E-state index in [1.54, 1.807) is 0 Å². The fourth-order valence-corrected chi connectivity index (χ4v) is 2.26. The zero-order valence-electron chi connectivity index (χ0n) is 7.34. The molecule has 2 heteroatoms. The maximum Gasteiger partial charge on any atom is 0.0320 e. The highest BCUT2D eigenvalue weighted by molar-refractivity contribution is 4.90. The van der Waals surface area contributed by atoms with Gasteiger partial charge in [-0.25, -0.2) is 0 Å². The fraction of sp³-hybridized carbons (Fsp3) is 1.00. The van der Waals surface area contributed by atoms with Crippen LogP contribution in [-0.2, 0) is 0 Å². The van der Waals surface area contributed by atoms with Gasteiger partial charge in [0.1, 0.15) is 0 Å². The van der Waals surface area contributed by atoms with Gasteiger partial charge in [-0.05, 0) is 19.9 Å². The lowest BCUT2D eigenvalue weighted by molar-refractivity contribution is 0.0824. The molecule has 1 aliphatic carbocycles. The van der Waals surface area contributed by atoms with Crippen molar-refractivity contribution in [1.29, 1.82) is 0 Å². The fourth-order valence-electron chi connectivity index (χ4n) is 2.26. The van der Waals surface area contributed by atoms with Gasteiger partial charge in [0.2, 0.25) is 0 Å². The lowest BCUT2D eigenvalue weighted by Crippen LogP contribution is -2.59. The molecular formula is C9H18N2. The molecule has 2 fully saturated rings. The largest absolute Gasteiger partial charge is 0.315 e. The normalized spacial score (nSPS) is 29.2. The van der Waals surface area contributed by atoms with Crippen molar-refractivity contribution in [2.45, 2.75) is 37.8 Å². The van der Waals surface area contributed by atoms with Gasteiger partial charge in [0, 0.05) is 25.2 Å². The number of likely N-dealkylation sites (N-methyl/N-ethyl adjacent to an activating group) is 1. The number of nitrogens with one attached hydrogen (secondary N) is 1. The molecule has 2 rings (SSSR count). The molecule has 1 saturated heterocycles. The minimum atomic E-state index is 0.788. The van der Waals surface area contributed by atoms with E-state index in [0.29, 0.717) is 0 Å². The van der Waals surface area contributed by atoms with Gasteiger partial charge in [-0.15, -0.1) is 0 Å².